The maximum absolute atomic E-state index is 14.0. The molecule has 3 aromatic carbocycles. The van der Waals surface area contributed by atoms with E-state index in [0.717, 1.165) is 30.3 Å². The average Bonchev–Trinajstić information content (AvgIpc) is 1.64. The van der Waals surface area contributed by atoms with Crippen LogP contribution in [-0.2, 0) is 19.8 Å². The smallest absolute Gasteiger partial charge is 0.389 e. The zero-order chi connectivity index (χ0) is 76.6. The van der Waals surface area contributed by atoms with E-state index in [9.17, 15) is 84.6 Å². The quantitative estimate of drug-likeness (QED) is 0.0250. The Morgan fingerprint density at radius 1 is 0.379 bits per heavy atom. The number of benzene rings is 3. The minimum Gasteiger partial charge on any atom is -0.485 e. The summed E-state index contributed by atoms with van der Waals surface area (Å²) in [7, 11) is 0. The number of nitrogens with two attached hydrogens (primary N) is 3. The molecule has 6 aromatic heterocycles. The zero-order valence-electron chi connectivity index (χ0n) is 57.6. The van der Waals surface area contributed by atoms with Crippen molar-refractivity contribution in [2.75, 3.05) is 0 Å². The molecule has 3 unspecified atom stereocenters. The molecule has 0 saturated carbocycles. The van der Waals surface area contributed by atoms with Crippen molar-refractivity contribution < 1.29 is 98.8 Å². The van der Waals surface area contributed by atoms with E-state index >= 15 is 0 Å². The van der Waals surface area contributed by atoms with Gasteiger partial charge in [0.15, 0.2) is 63.2 Å². The van der Waals surface area contributed by atoms with Crippen LogP contribution in [0.1, 0.15) is 180 Å². The molecule has 9 rings (SSSR count). The molecular formula is C72H77F16N9O6. The summed E-state index contributed by atoms with van der Waals surface area (Å²) in [5.74, 6) is -6.97. The second kappa shape index (κ2) is 32.7. The molecule has 558 valence electrons. The largest absolute Gasteiger partial charge is 0.485 e. The summed E-state index contributed by atoms with van der Waals surface area (Å²) in [6.07, 6.45) is -12.1. The Hall–Kier alpha value is -9.10. The van der Waals surface area contributed by atoms with Crippen LogP contribution in [0.5, 0.6) is 17.2 Å². The van der Waals surface area contributed by atoms with Gasteiger partial charge in [0.2, 0.25) is 0 Å². The number of pyridine rings is 3. The van der Waals surface area contributed by atoms with E-state index in [1.54, 1.807) is 78.3 Å². The number of ether oxygens (including phenoxy) is 3. The van der Waals surface area contributed by atoms with E-state index < -0.39 is 107 Å². The second-order valence-corrected chi connectivity index (χ2v) is 26.5. The number of rotatable bonds is 27. The minimum absolute atomic E-state index is 0.0296. The molecule has 0 saturated heterocycles. The number of hydrogen-bond acceptors (Lipinski definition) is 12. The van der Waals surface area contributed by atoms with E-state index in [-0.39, 0.29) is 151 Å². The lowest BCUT2D eigenvalue weighted by molar-refractivity contribution is -0.138. The van der Waals surface area contributed by atoms with Gasteiger partial charge in [-0.05, 0) is 172 Å². The highest BCUT2D eigenvalue weighted by Crippen LogP contribution is 2.35. The minimum atomic E-state index is -4.34. The molecular weight excluding hydrogens is 1390 g/mol. The van der Waals surface area contributed by atoms with Gasteiger partial charge >= 0.3 is 18.5 Å². The molecule has 0 fully saturated rings. The van der Waals surface area contributed by atoms with E-state index in [2.05, 4.69) is 15.0 Å². The van der Waals surface area contributed by atoms with E-state index in [1.807, 2.05) is 0 Å². The number of Topliss-reactive ketones (excluding diaryl/α,β-unsaturated/α-hetero) is 3. The van der Waals surface area contributed by atoms with Crippen molar-refractivity contribution in [3.05, 3.63) is 194 Å². The lowest BCUT2D eigenvalue weighted by Crippen LogP contribution is -2.38. The Bertz CT molecular complexity index is 4330. The number of fused-ring (bicyclic) bond motifs is 3. The van der Waals surface area contributed by atoms with Crippen molar-refractivity contribution in [1.29, 1.82) is 0 Å². The van der Waals surface area contributed by atoms with E-state index in [4.69, 9.17) is 31.4 Å². The normalized spacial score (nSPS) is 13.8. The molecule has 6 N–H and O–H groups in total. The first kappa shape index (κ1) is 81.2. The topological polar surface area (TPSA) is 209 Å². The Morgan fingerprint density at radius 3 is 0.903 bits per heavy atom. The number of aromatic nitrogens is 6. The first-order valence-corrected chi connectivity index (χ1v) is 32.2. The van der Waals surface area contributed by atoms with Gasteiger partial charge in [-0.1, -0.05) is 12.1 Å². The Kier molecular flexibility index (Phi) is 25.8. The number of carbonyl (C=O) groups excluding carboxylic acids is 3. The van der Waals surface area contributed by atoms with Crippen LogP contribution in [0.15, 0.2) is 85.3 Å². The number of halogens is 16. The zero-order valence-corrected chi connectivity index (χ0v) is 57.6. The van der Waals surface area contributed by atoms with Crippen molar-refractivity contribution in [1.82, 2.24) is 28.2 Å². The highest BCUT2D eigenvalue weighted by atomic mass is 19.4. The predicted octanol–water partition coefficient (Wildman–Crippen LogP) is 17.6. The molecule has 0 bridgehead atoms. The van der Waals surface area contributed by atoms with Crippen LogP contribution in [-0.4, -0.2) is 80.6 Å². The Balaban J connectivity index is 0.000000216. The van der Waals surface area contributed by atoms with Crippen molar-refractivity contribution in [3.63, 3.8) is 0 Å². The van der Waals surface area contributed by atoms with Crippen molar-refractivity contribution in [2.45, 2.75) is 194 Å². The highest BCUT2D eigenvalue weighted by molar-refractivity contribution is 5.98. The predicted molar refractivity (Wildman–Crippen MR) is 350 cm³/mol. The van der Waals surface area contributed by atoms with Crippen molar-refractivity contribution >= 4 is 34.3 Å². The molecule has 31 heteroatoms. The number of ketones is 3. The molecule has 9 aromatic rings. The summed E-state index contributed by atoms with van der Waals surface area (Å²) >= 11 is 0. The van der Waals surface area contributed by atoms with Crippen LogP contribution in [0, 0.1) is 82.3 Å². The van der Waals surface area contributed by atoms with Gasteiger partial charge < -0.3 is 31.4 Å². The van der Waals surface area contributed by atoms with Gasteiger partial charge in [-0.2, -0.15) is 39.5 Å². The average molecular weight is 1470 g/mol. The van der Waals surface area contributed by atoms with Crippen LogP contribution in [0.3, 0.4) is 0 Å². The van der Waals surface area contributed by atoms with Crippen LogP contribution in [0.2, 0.25) is 0 Å². The molecule has 103 heavy (non-hydrogen) atoms. The van der Waals surface area contributed by atoms with Crippen molar-refractivity contribution in [3.8, 4) is 17.2 Å². The van der Waals surface area contributed by atoms with Crippen LogP contribution < -0.4 is 31.4 Å². The number of carbonyl (C=O) groups is 3. The second-order valence-electron chi connectivity index (χ2n) is 26.5. The van der Waals surface area contributed by atoms with E-state index in [1.165, 1.54) is 46.1 Å². The van der Waals surface area contributed by atoms with Gasteiger partial charge in [0.05, 0.1) is 33.8 Å². The maximum atomic E-state index is 14.0. The molecule has 0 spiro atoms. The van der Waals surface area contributed by atoms with Gasteiger partial charge in [0.1, 0.15) is 66.0 Å². The molecule has 0 aliphatic heterocycles. The molecule has 3 atom stereocenters. The van der Waals surface area contributed by atoms with Gasteiger partial charge in [0.25, 0.3) is 0 Å². The third-order valence-corrected chi connectivity index (χ3v) is 16.9. The number of imidazole rings is 3. The van der Waals surface area contributed by atoms with Gasteiger partial charge in [-0.3, -0.25) is 27.6 Å². The Labute approximate surface area is 581 Å². The first-order valence-electron chi connectivity index (χ1n) is 32.2. The number of aryl methyl sites for hydroxylation is 6. The SMILES string of the molecule is Cc1cc(OCc2c(F)ccc(F)c2F)c2nc(C)c(C(=O)CCC(C)(N)CCC(F)(F)F)n2c1.Cc1cc(OCc2c(F)cccc2F)c2nc(C)c(C(=O)CCC(C)(N)CCC(F)(F)F)n2c1.Cc1cc(OCc2c(F)cccc2F)c2nc(C)c(C(=O)CCC(C)(N)CCC(F)(F)F)n2c1. The number of alkyl halides is 9. The molecule has 0 radical (unpaired) electrons. The fourth-order valence-electron chi connectivity index (χ4n) is 11.1. The van der Waals surface area contributed by atoms with Crippen LogP contribution in [0.4, 0.5) is 70.2 Å². The maximum Gasteiger partial charge on any atom is 0.389 e. The first-order chi connectivity index (χ1) is 47.7. The number of nitrogens with zero attached hydrogens (tertiary/aromatic N) is 6. The molecule has 0 aliphatic rings. The summed E-state index contributed by atoms with van der Waals surface area (Å²) in [4.78, 5) is 52.1. The lowest BCUT2D eigenvalue weighted by Gasteiger charge is -2.25. The van der Waals surface area contributed by atoms with E-state index in [0.29, 0.717) is 39.8 Å². The molecule has 0 aliphatic carbocycles. The lowest BCUT2D eigenvalue weighted by atomic mass is 9.90. The summed E-state index contributed by atoms with van der Waals surface area (Å²) in [6, 6.07) is 13.3. The van der Waals surface area contributed by atoms with Gasteiger partial charge in [-0.15, -0.1) is 0 Å². The summed E-state index contributed by atoms with van der Waals surface area (Å²) in [5, 5.41) is 0. The monoisotopic (exact) mass is 1470 g/mol. The Morgan fingerprint density at radius 2 is 0.631 bits per heavy atom. The fraction of sp³-hybridized carbons (Fsp3) is 0.417. The van der Waals surface area contributed by atoms with Gasteiger partial charge in [-0.25, -0.2) is 45.7 Å². The van der Waals surface area contributed by atoms with Gasteiger partial charge in [0, 0.05) is 73.7 Å². The fourth-order valence-corrected chi connectivity index (χ4v) is 11.1. The number of hydrogen-bond donors (Lipinski definition) is 3. The third kappa shape index (κ3) is 22.2. The summed E-state index contributed by atoms with van der Waals surface area (Å²) in [6.45, 7) is 13.1. The standard InChI is InChI=1S/C24H25F6N3O2.2C24H26F5N3O2/c1-13-10-19(35-12-15-16(25)4-5-17(26)20(15)27)22-32-14(2)21(33(22)11-13)18(34)6-7-23(3,31)8-9-24(28,29)30;2*1-14-11-20(34-13-16-17(25)5-4-6-18(16)26)22-31-15(2)21(32(22)12-14)19(33)7-8-23(3,30)9-10-24(27,28)29/h4-5,10-11H,6-9,12,31H2,1-3H3;2*4-6,11-12H,7-10,13,30H2,1-3H3. The summed E-state index contributed by atoms with van der Waals surface area (Å²) in [5.41, 5.74) is 18.0. The molecule has 0 amide bonds. The molecule has 6 heterocycles. The van der Waals surface area contributed by atoms with Crippen molar-refractivity contribution in [2.24, 2.45) is 17.2 Å². The van der Waals surface area contributed by atoms with Crippen LogP contribution >= 0.6 is 0 Å². The third-order valence-electron chi connectivity index (χ3n) is 16.9. The highest BCUT2D eigenvalue weighted by Gasteiger charge is 2.36. The summed E-state index contributed by atoms with van der Waals surface area (Å²) < 4.78 is 232. The molecule has 15 nitrogen and oxygen atoms in total. The van der Waals surface area contributed by atoms with Crippen LogP contribution in [0.25, 0.3) is 16.9 Å².